The van der Waals surface area contributed by atoms with Gasteiger partial charge in [-0.25, -0.2) is 14.6 Å². The Morgan fingerprint density at radius 1 is 1.26 bits per heavy atom. The van der Waals surface area contributed by atoms with Crippen molar-refractivity contribution in [3.63, 3.8) is 0 Å². The van der Waals surface area contributed by atoms with Crippen molar-refractivity contribution >= 4 is 35.1 Å². The molecular formula is C23H23N5O4S2. The van der Waals surface area contributed by atoms with E-state index in [0.717, 1.165) is 34.0 Å². The van der Waals surface area contributed by atoms with Crippen LogP contribution in [0.2, 0.25) is 0 Å². The number of esters is 1. The average molecular weight is 498 g/mol. The molecule has 0 spiro atoms. The summed E-state index contributed by atoms with van der Waals surface area (Å²) in [4.78, 5) is 33.0. The molecule has 1 atom stereocenters. The number of thioether (sulfide) groups is 1. The normalized spacial score (nSPS) is 18.3. The summed E-state index contributed by atoms with van der Waals surface area (Å²) in [6, 6.07) is 8.65. The lowest BCUT2D eigenvalue weighted by Gasteiger charge is -2.36. The molecule has 11 heteroatoms. The molecule has 1 unspecified atom stereocenters. The van der Waals surface area contributed by atoms with Crippen molar-refractivity contribution in [3.05, 3.63) is 57.9 Å². The third-order valence-electron chi connectivity index (χ3n) is 5.66. The molecular weight excluding hydrogens is 474 g/mol. The zero-order valence-corrected chi connectivity index (χ0v) is 20.5. The van der Waals surface area contributed by atoms with Crippen LogP contribution in [0.4, 0.5) is 4.79 Å². The molecule has 2 aliphatic rings. The number of aromatic nitrogens is 3. The average Bonchev–Trinajstić information content (AvgIpc) is 3.46. The molecule has 5 rings (SSSR count). The van der Waals surface area contributed by atoms with E-state index in [0.29, 0.717) is 28.1 Å². The first kappa shape index (κ1) is 22.6. The third kappa shape index (κ3) is 4.32. The highest BCUT2D eigenvalue weighted by Gasteiger charge is 2.44. The first-order valence-electron chi connectivity index (χ1n) is 10.8. The van der Waals surface area contributed by atoms with Crippen LogP contribution in [0.3, 0.4) is 0 Å². The van der Waals surface area contributed by atoms with E-state index >= 15 is 0 Å². The number of carbonyl (C=O) groups is 2. The van der Waals surface area contributed by atoms with E-state index < -0.39 is 12.0 Å². The molecule has 1 aliphatic carbocycles. The Balaban J connectivity index is 1.49. The summed E-state index contributed by atoms with van der Waals surface area (Å²) in [5.74, 6) is 0.243. The fourth-order valence-electron chi connectivity index (χ4n) is 4.01. The molecule has 2 aromatic heterocycles. The molecule has 176 valence electrons. The SMILES string of the molecule is COC(=O)C1=C(CSc2nnc(-c3sc(C)nc3C)o2)N(C2CC2)C(=O)NC1c1ccccc1. The van der Waals surface area contributed by atoms with Gasteiger partial charge in [-0.05, 0) is 32.3 Å². The van der Waals surface area contributed by atoms with E-state index in [-0.39, 0.29) is 12.1 Å². The predicted molar refractivity (Wildman–Crippen MR) is 127 cm³/mol. The van der Waals surface area contributed by atoms with Crippen LogP contribution in [-0.4, -0.2) is 51.0 Å². The Bertz CT molecular complexity index is 1270. The second-order valence-electron chi connectivity index (χ2n) is 8.06. The number of benzene rings is 1. The molecule has 3 aromatic rings. The van der Waals surface area contributed by atoms with Crippen molar-refractivity contribution in [2.75, 3.05) is 12.9 Å². The lowest BCUT2D eigenvalue weighted by atomic mass is 9.95. The minimum Gasteiger partial charge on any atom is -0.466 e. The number of nitrogens with zero attached hydrogens (tertiary/aromatic N) is 4. The number of rotatable bonds is 7. The summed E-state index contributed by atoms with van der Waals surface area (Å²) in [5.41, 5.74) is 2.68. The number of hydrogen-bond donors (Lipinski definition) is 1. The molecule has 0 radical (unpaired) electrons. The van der Waals surface area contributed by atoms with E-state index in [1.54, 1.807) is 4.90 Å². The van der Waals surface area contributed by atoms with Gasteiger partial charge >= 0.3 is 12.0 Å². The van der Waals surface area contributed by atoms with Crippen LogP contribution in [0.1, 0.15) is 35.1 Å². The van der Waals surface area contributed by atoms with E-state index in [4.69, 9.17) is 9.15 Å². The largest absolute Gasteiger partial charge is 0.466 e. The number of carbonyl (C=O) groups excluding carboxylic acids is 2. The molecule has 1 aliphatic heterocycles. The quantitative estimate of drug-likeness (QED) is 0.381. The molecule has 3 heterocycles. The Kier molecular flexibility index (Phi) is 6.13. The van der Waals surface area contributed by atoms with Crippen LogP contribution >= 0.6 is 23.1 Å². The monoisotopic (exact) mass is 497 g/mol. The number of ether oxygens (including phenoxy) is 1. The zero-order valence-electron chi connectivity index (χ0n) is 18.9. The number of urea groups is 1. The van der Waals surface area contributed by atoms with E-state index in [2.05, 4.69) is 20.5 Å². The van der Waals surface area contributed by atoms with Crippen LogP contribution in [-0.2, 0) is 9.53 Å². The number of nitrogens with one attached hydrogen (secondary N) is 1. The van der Waals surface area contributed by atoms with Gasteiger partial charge in [0, 0.05) is 17.5 Å². The van der Waals surface area contributed by atoms with Gasteiger partial charge in [-0.2, -0.15) is 0 Å². The van der Waals surface area contributed by atoms with E-state index in [1.807, 2.05) is 44.2 Å². The van der Waals surface area contributed by atoms with Gasteiger partial charge in [-0.15, -0.1) is 21.5 Å². The van der Waals surface area contributed by atoms with Crippen LogP contribution in [0.25, 0.3) is 10.8 Å². The highest BCUT2D eigenvalue weighted by atomic mass is 32.2. The Morgan fingerprint density at radius 3 is 2.68 bits per heavy atom. The van der Waals surface area contributed by atoms with Crippen molar-refractivity contribution in [2.45, 2.75) is 44.0 Å². The van der Waals surface area contributed by atoms with E-state index in [1.165, 1.54) is 30.2 Å². The van der Waals surface area contributed by atoms with Crippen molar-refractivity contribution in [2.24, 2.45) is 0 Å². The molecule has 0 saturated heterocycles. The number of hydrogen-bond acceptors (Lipinski definition) is 9. The molecule has 9 nitrogen and oxygen atoms in total. The predicted octanol–water partition coefficient (Wildman–Crippen LogP) is 4.26. The summed E-state index contributed by atoms with van der Waals surface area (Å²) in [5, 5.41) is 12.6. The maximum absolute atomic E-state index is 13.1. The molecule has 0 bridgehead atoms. The second-order valence-corrected chi connectivity index (χ2v) is 10.2. The number of aryl methyl sites for hydroxylation is 2. The zero-order chi connectivity index (χ0) is 23.8. The van der Waals surface area contributed by atoms with Crippen molar-refractivity contribution in [1.82, 2.24) is 25.4 Å². The maximum Gasteiger partial charge on any atom is 0.338 e. The first-order valence-corrected chi connectivity index (χ1v) is 12.6. The van der Waals surface area contributed by atoms with Gasteiger partial charge < -0.3 is 14.5 Å². The Morgan fingerprint density at radius 2 is 2.03 bits per heavy atom. The lowest BCUT2D eigenvalue weighted by Crippen LogP contribution is -2.50. The highest BCUT2D eigenvalue weighted by molar-refractivity contribution is 7.99. The second kappa shape index (κ2) is 9.22. The minimum absolute atomic E-state index is 0.0630. The summed E-state index contributed by atoms with van der Waals surface area (Å²) >= 11 is 2.79. The fourth-order valence-corrected chi connectivity index (χ4v) is 5.64. The Labute approximate surface area is 204 Å². The van der Waals surface area contributed by atoms with Gasteiger partial charge in [-0.1, -0.05) is 42.1 Å². The molecule has 2 amide bonds. The number of methoxy groups -OCH3 is 1. The van der Waals surface area contributed by atoms with Gasteiger partial charge in [0.05, 0.1) is 29.4 Å². The van der Waals surface area contributed by atoms with Crippen LogP contribution < -0.4 is 5.32 Å². The molecule has 1 saturated carbocycles. The Hall–Kier alpha value is -3.18. The molecule has 1 aromatic carbocycles. The van der Waals surface area contributed by atoms with Gasteiger partial charge in [0.15, 0.2) is 0 Å². The highest BCUT2D eigenvalue weighted by Crippen LogP contribution is 2.40. The van der Waals surface area contributed by atoms with Crippen LogP contribution in [0.5, 0.6) is 0 Å². The summed E-state index contributed by atoms with van der Waals surface area (Å²) in [6.45, 7) is 3.83. The van der Waals surface area contributed by atoms with Crippen LogP contribution in [0.15, 0.2) is 51.2 Å². The van der Waals surface area contributed by atoms with Crippen LogP contribution in [0, 0.1) is 13.8 Å². The van der Waals surface area contributed by atoms with Gasteiger partial charge in [-0.3, -0.25) is 4.90 Å². The number of amides is 2. The molecule has 1 N–H and O–H groups in total. The summed E-state index contributed by atoms with van der Waals surface area (Å²) < 4.78 is 11.0. The minimum atomic E-state index is -0.604. The number of thiazole rings is 1. The molecule has 34 heavy (non-hydrogen) atoms. The first-order chi connectivity index (χ1) is 16.5. The van der Waals surface area contributed by atoms with E-state index in [9.17, 15) is 9.59 Å². The van der Waals surface area contributed by atoms with Gasteiger partial charge in [0.2, 0.25) is 0 Å². The van der Waals surface area contributed by atoms with Crippen molar-refractivity contribution in [3.8, 4) is 10.8 Å². The molecule has 1 fully saturated rings. The topological polar surface area (TPSA) is 110 Å². The van der Waals surface area contributed by atoms with Gasteiger partial charge in [0.25, 0.3) is 11.1 Å². The summed E-state index contributed by atoms with van der Waals surface area (Å²) in [6.07, 6.45) is 1.78. The smallest absolute Gasteiger partial charge is 0.338 e. The van der Waals surface area contributed by atoms with Crippen molar-refractivity contribution in [1.29, 1.82) is 0 Å². The lowest BCUT2D eigenvalue weighted by molar-refractivity contribution is -0.136. The van der Waals surface area contributed by atoms with Crippen molar-refractivity contribution < 1.29 is 18.7 Å². The fraction of sp³-hybridized carbons (Fsp3) is 0.348. The van der Waals surface area contributed by atoms with Gasteiger partial charge in [0.1, 0.15) is 4.88 Å². The summed E-state index contributed by atoms with van der Waals surface area (Å²) in [7, 11) is 1.35. The maximum atomic E-state index is 13.1. The standard InChI is InChI=1S/C23H23N5O4S2/c1-12-19(34-13(2)24-12)20-26-27-23(32-20)33-11-16-17(21(29)31-3)18(14-7-5-4-6-8-14)25-22(30)28(16)15-9-10-15/h4-8,15,18H,9-11H2,1-3H3,(H,25,30). The third-order valence-corrected chi connectivity index (χ3v) is 7.55.